The van der Waals surface area contributed by atoms with Crippen LogP contribution in [0.25, 0.3) is 0 Å². The first-order valence-electron chi connectivity index (χ1n) is 7.05. The van der Waals surface area contributed by atoms with Crippen LogP contribution in [0.15, 0.2) is 18.2 Å². The van der Waals surface area contributed by atoms with Crippen molar-refractivity contribution in [3.8, 4) is 5.75 Å². The monoisotopic (exact) mass is 292 g/mol. The molecule has 0 saturated carbocycles. The van der Waals surface area contributed by atoms with Crippen LogP contribution in [0.3, 0.4) is 0 Å². The number of ether oxygens (including phenoxy) is 1. The standard InChI is InChI=1S/C15H17ClN2O2/c1-18-5-4-15-12(8-18)10(7-14(19)17-15)11-6-9(16)2-3-13(11)20-15/h2-3,6,10,12H,4-5,7-8H2,1H3,(H,17,19). The lowest BCUT2D eigenvalue weighted by Gasteiger charge is -2.55. The molecule has 2 saturated heterocycles. The smallest absolute Gasteiger partial charge is 0.223 e. The third-order valence-electron chi connectivity index (χ3n) is 4.88. The maximum absolute atomic E-state index is 12.1. The molecule has 0 aromatic heterocycles. The van der Waals surface area contributed by atoms with Gasteiger partial charge in [0.05, 0.1) is 0 Å². The fourth-order valence-electron chi connectivity index (χ4n) is 3.93. The van der Waals surface area contributed by atoms with Gasteiger partial charge in [-0.05, 0) is 30.8 Å². The van der Waals surface area contributed by atoms with E-state index in [1.807, 2.05) is 18.2 Å². The first-order valence-corrected chi connectivity index (χ1v) is 7.43. The van der Waals surface area contributed by atoms with E-state index in [0.29, 0.717) is 17.4 Å². The third-order valence-corrected chi connectivity index (χ3v) is 5.11. The summed E-state index contributed by atoms with van der Waals surface area (Å²) in [4.78, 5) is 14.4. The number of benzene rings is 1. The topological polar surface area (TPSA) is 41.6 Å². The number of amides is 1. The molecular formula is C15H17ClN2O2. The molecule has 4 nitrogen and oxygen atoms in total. The summed E-state index contributed by atoms with van der Waals surface area (Å²) in [7, 11) is 2.12. The quantitative estimate of drug-likeness (QED) is 0.795. The number of nitrogens with zero attached hydrogens (tertiary/aromatic N) is 1. The molecule has 4 rings (SSSR count). The fourth-order valence-corrected chi connectivity index (χ4v) is 4.11. The van der Waals surface area contributed by atoms with E-state index < -0.39 is 5.72 Å². The second-order valence-corrected chi connectivity index (χ2v) is 6.59. The van der Waals surface area contributed by atoms with Gasteiger partial charge in [-0.15, -0.1) is 0 Å². The van der Waals surface area contributed by atoms with Gasteiger partial charge < -0.3 is 15.0 Å². The Kier molecular flexibility index (Phi) is 2.57. The highest BCUT2D eigenvalue weighted by atomic mass is 35.5. The summed E-state index contributed by atoms with van der Waals surface area (Å²) in [5, 5.41) is 3.82. The Morgan fingerprint density at radius 2 is 2.35 bits per heavy atom. The van der Waals surface area contributed by atoms with Crippen LogP contribution in [-0.4, -0.2) is 36.7 Å². The maximum atomic E-state index is 12.1. The number of carbonyl (C=O) groups is 1. The van der Waals surface area contributed by atoms with Crippen LogP contribution in [-0.2, 0) is 4.79 Å². The van der Waals surface area contributed by atoms with Gasteiger partial charge in [-0.25, -0.2) is 0 Å². The number of likely N-dealkylation sites (tertiary alicyclic amines) is 1. The Balaban J connectivity index is 1.86. The lowest BCUT2D eigenvalue weighted by molar-refractivity contribution is -0.152. The van der Waals surface area contributed by atoms with E-state index in [9.17, 15) is 4.79 Å². The van der Waals surface area contributed by atoms with E-state index >= 15 is 0 Å². The molecule has 3 aliphatic rings. The first kappa shape index (κ1) is 12.5. The Morgan fingerprint density at radius 1 is 1.50 bits per heavy atom. The summed E-state index contributed by atoms with van der Waals surface area (Å²) in [5.74, 6) is 1.46. The van der Waals surface area contributed by atoms with Gasteiger partial charge in [0.15, 0.2) is 5.72 Å². The number of halogens is 1. The second kappa shape index (κ2) is 4.12. The van der Waals surface area contributed by atoms with Crippen molar-refractivity contribution >= 4 is 17.5 Å². The summed E-state index contributed by atoms with van der Waals surface area (Å²) in [6.45, 7) is 1.88. The summed E-state index contributed by atoms with van der Waals surface area (Å²) < 4.78 is 6.25. The number of hydrogen-bond acceptors (Lipinski definition) is 3. The molecule has 0 spiro atoms. The van der Waals surface area contributed by atoms with Crippen molar-refractivity contribution in [1.29, 1.82) is 0 Å². The van der Waals surface area contributed by atoms with Crippen LogP contribution in [0, 0.1) is 5.92 Å². The molecule has 3 aliphatic heterocycles. The highest BCUT2D eigenvalue weighted by molar-refractivity contribution is 6.30. The number of carbonyl (C=O) groups excluding carboxylic acids is 1. The minimum absolute atomic E-state index is 0.0847. The van der Waals surface area contributed by atoms with Crippen molar-refractivity contribution in [2.75, 3.05) is 20.1 Å². The zero-order valence-electron chi connectivity index (χ0n) is 11.4. The molecule has 2 bridgehead atoms. The van der Waals surface area contributed by atoms with Crippen molar-refractivity contribution in [3.05, 3.63) is 28.8 Å². The number of nitrogens with one attached hydrogen (secondary N) is 1. The van der Waals surface area contributed by atoms with Gasteiger partial charge >= 0.3 is 0 Å². The SMILES string of the molecule is CN1CCC23NC(=O)CC(c4cc(Cl)ccc4O2)C3C1. The molecule has 1 amide bonds. The Labute approximate surface area is 123 Å². The molecule has 5 heteroatoms. The summed E-state index contributed by atoms with van der Waals surface area (Å²) in [6.07, 6.45) is 1.36. The summed E-state index contributed by atoms with van der Waals surface area (Å²) >= 11 is 6.13. The Bertz CT molecular complexity index is 591. The van der Waals surface area contributed by atoms with Crippen LogP contribution < -0.4 is 10.1 Å². The van der Waals surface area contributed by atoms with Gasteiger partial charge in [0, 0.05) is 42.8 Å². The van der Waals surface area contributed by atoms with Crippen LogP contribution in [0.4, 0.5) is 0 Å². The predicted octanol–water partition coefficient (Wildman–Crippen LogP) is 1.98. The molecule has 3 unspecified atom stereocenters. The molecule has 3 heterocycles. The molecule has 0 aliphatic carbocycles. The molecule has 1 aromatic rings. The Hall–Kier alpha value is -1.26. The average Bonchev–Trinajstić information content (AvgIpc) is 2.40. The van der Waals surface area contributed by atoms with E-state index in [4.69, 9.17) is 16.3 Å². The molecular weight excluding hydrogens is 276 g/mol. The van der Waals surface area contributed by atoms with Crippen LogP contribution in [0.5, 0.6) is 5.75 Å². The molecule has 20 heavy (non-hydrogen) atoms. The minimum Gasteiger partial charge on any atom is -0.467 e. The number of rotatable bonds is 0. The van der Waals surface area contributed by atoms with Gasteiger partial charge in [0.25, 0.3) is 0 Å². The largest absolute Gasteiger partial charge is 0.467 e. The highest BCUT2D eigenvalue weighted by Crippen LogP contribution is 2.51. The number of piperidine rings is 2. The fraction of sp³-hybridized carbons (Fsp3) is 0.533. The highest BCUT2D eigenvalue weighted by Gasteiger charge is 2.56. The molecule has 1 N–H and O–H groups in total. The zero-order chi connectivity index (χ0) is 13.9. The van der Waals surface area contributed by atoms with Crippen molar-refractivity contribution in [2.45, 2.75) is 24.5 Å². The lowest BCUT2D eigenvalue weighted by Crippen LogP contribution is -2.69. The van der Waals surface area contributed by atoms with Gasteiger partial charge in [0.2, 0.25) is 5.91 Å². The summed E-state index contributed by atoms with van der Waals surface area (Å²) in [5.41, 5.74) is 0.566. The van der Waals surface area contributed by atoms with Gasteiger partial charge in [-0.3, -0.25) is 4.79 Å². The van der Waals surface area contributed by atoms with E-state index in [0.717, 1.165) is 30.8 Å². The zero-order valence-corrected chi connectivity index (χ0v) is 12.1. The van der Waals surface area contributed by atoms with E-state index in [-0.39, 0.29) is 11.8 Å². The third kappa shape index (κ3) is 1.68. The van der Waals surface area contributed by atoms with Gasteiger partial charge in [-0.1, -0.05) is 11.6 Å². The van der Waals surface area contributed by atoms with E-state index in [1.165, 1.54) is 0 Å². The number of fused-ring (bicyclic) bond motifs is 2. The Morgan fingerprint density at radius 3 is 3.20 bits per heavy atom. The lowest BCUT2D eigenvalue weighted by atomic mass is 9.69. The second-order valence-electron chi connectivity index (χ2n) is 6.15. The van der Waals surface area contributed by atoms with Crippen LogP contribution in [0.2, 0.25) is 5.02 Å². The first-order chi connectivity index (χ1) is 9.57. The predicted molar refractivity (Wildman–Crippen MR) is 75.9 cm³/mol. The van der Waals surface area contributed by atoms with Gasteiger partial charge in [-0.2, -0.15) is 0 Å². The molecule has 0 radical (unpaired) electrons. The molecule has 3 atom stereocenters. The molecule has 106 valence electrons. The van der Waals surface area contributed by atoms with Crippen LogP contribution in [0.1, 0.15) is 24.3 Å². The normalized spacial score (nSPS) is 35.6. The van der Waals surface area contributed by atoms with Crippen molar-refractivity contribution < 1.29 is 9.53 Å². The van der Waals surface area contributed by atoms with Crippen molar-refractivity contribution in [1.82, 2.24) is 10.2 Å². The number of hydrogen-bond donors (Lipinski definition) is 1. The van der Waals surface area contributed by atoms with Crippen LogP contribution >= 0.6 is 11.6 Å². The average molecular weight is 293 g/mol. The van der Waals surface area contributed by atoms with E-state index in [2.05, 4.69) is 17.3 Å². The molecule has 2 fully saturated rings. The summed E-state index contributed by atoms with van der Waals surface area (Å²) in [6, 6.07) is 5.74. The van der Waals surface area contributed by atoms with Crippen molar-refractivity contribution in [2.24, 2.45) is 5.92 Å². The van der Waals surface area contributed by atoms with Crippen molar-refractivity contribution in [3.63, 3.8) is 0 Å². The molecule has 1 aromatic carbocycles. The van der Waals surface area contributed by atoms with E-state index in [1.54, 1.807) is 0 Å². The van der Waals surface area contributed by atoms with Gasteiger partial charge in [0.1, 0.15) is 5.75 Å². The maximum Gasteiger partial charge on any atom is 0.223 e. The minimum atomic E-state index is -0.520.